The molecule has 5 nitrogen and oxygen atoms in total. The predicted octanol–water partition coefficient (Wildman–Crippen LogP) is 4.32. The van der Waals surface area contributed by atoms with Gasteiger partial charge in [-0.1, -0.05) is 44.0 Å². The zero-order chi connectivity index (χ0) is 19.9. The molecule has 3 rings (SSSR count). The number of hydrogen-bond acceptors (Lipinski definition) is 3. The molecule has 146 valence electrons. The number of hydrogen-bond donors (Lipinski definition) is 1. The Morgan fingerprint density at radius 1 is 0.893 bits per heavy atom. The topological polar surface area (TPSA) is 66.5 Å². The number of nitrogens with zero attached hydrogens (tertiary/aromatic N) is 1. The molecular formula is C23H26N2O3. The molecule has 1 aliphatic heterocycles. The third-order valence-corrected chi connectivity index (χ3v) is 4.99. The molecule has 0 radical (unpaired) electrons. The fourth-order valence-electron chi connectivity index (χ4n) is 3.28. The quantitative estimate of drug-likeness (QED) is 0.549. The lowest BCUT2D eigenvalue weighted by Crippen LogP contribution is -2.28. The van der Waals surface area contributed by atoms with Crippen molar-refractivity contribution in [1.29, 1.82) is 0 Å². The van der Waals surface area contributed by atoms with Gasteiger partial charge in [0.2, 0.25) is 11.8 Å². The van der Waals surface area contributed by atoms with Crippen LogP contribution < -0.4 is 5.32 Å². The predicted molar refractivity (Wildman–Crippen MR) is 109 cm³/mol. The maximum Gasteiger partial charge on any atom is 0.255 e. The highest BCUT2D eigenvalue weighted by atomic mass is 16.2. The second-order valence-electron chi connectivity index (χ2n) is 7.18. The number of carbonyl (C=O) groups excluding carboxylic acids is 3. The van der Waals surface area contributed by atoms with Crippen LogP contribution in [0.15, 0.2) is 48.5 Å². The second-order valence-corrected chi connectivity index (χ2v) is 7.18. The van der Waals surface area contributed by atoms with Gasteiger partial charge in [0.05, 0.1) is 6.54 Å². The molecule has 1 N–H and O–H groups in total. The van der Waals surface area contributed by atoms with Gasteiger partial charge in [0.1, 0.15) is 0 Å². The van der Waals surface area contributed by atoms with Gasteiger partial charge in [0.25, 0.3) is 5.91 Å². The Bertz CT molecular complexity index is 825. The molecule has 0 bridgehead atoms. The Labute approximate surface area is 165 Å². The van der Waals surface area contributed by atoms with Gasteiger partial charge in [-0.2, -0.15) is 0 Å². The number of likely N-dealkylation sites (tertiary alicyclic amines) is 1. The summed E-state index contributed by atoms with van der Waals surface area (Å²) in [7, 11) is 0. The largest absolute Gasteiger partial charge is 0.322 e. The van der Waals surface area contributed by atoms with E-state index < -0.39 is 0 Å². The summed E-state index contributed by atoms with van der Waals surface area (Å²) in [6, 6.07) is 15.0. The lowest BCUT2D eigenvalue weighted by molar-refractivity contribution is -0.139. The maximum absolute atomic E-state index is 12.4. The number of imide groups is 1. The second kappa shape index (κ2) is 9.31. The van der Waals surface area contributed by atoms with Gasteiger partial charge in [-0.3, -0.25) is 19.3 Å². The average Bonchev–Trinajstić information content (AvgIpc) is 3.02. The Hall–Kier alpha value is -2.95. The van der Waals surface area contributed by atoms with E-state index in [1.54, 1.807) is 24.3 Å². The van der Waals surface area contributed by atoms with Gasteiger partial charge in [-0.15, -0.1) is 0 Å². The van der Waals surface area contributed by atoms with E-state index in [0.717, 1.165) is 17.7 Å². The highest BCUT2D eigenvalue weighted by Crippen LogP contribution is 2.17. The molecule has 0 unspecified atom stereocenters. The van der Waals surface area contributed by atoms with Crippen LogP contribution >= 0.6 is 0 Å². The molecule has 1 saturated heterocycles. The summed E-state index contributed by atoms with van der Waals surface area (Å²) >= 11 is 0. The first-order valence-corrected chi connectivity index (χ1v) is 9.89. The molecule has 28 heavy (non-hydrogen) atoms. The van der Waals surface area contributed by atoms with Gasteiger partial charge in [-0.25, -0.2) is 0 Å². The van der Waals surface area contributed by atoms with E-state index in [1.807, 2.05) is 12.1 Å². The van der Waals surface area contributed by atoms with E-state index in [1.165, 1.54) is 29.7 Å². The number of benzene rings is 2. The number of unbranched alkanes of at least 4 members (excludes halogenated alkanes) is 2. The van der Waals surface area contributed by atoms with Crippen molar-refractivity contribution in [1.82, 2.24) is 4.90 Å². The van der Waals surface area contributed by atoms with Crippen LogP contribution in [-0.2, 0) is 22.6 Å². The third kappa shape index (κ3) is 5.06. The Morgan fingerprint density at radius 2 is 1.50 bits per heavy atom. The van der Waals surface area contributed by atoms with Crippen molar-refractivity contribution in [2.75, 3.05) is 5.32 Å². The molecule has 0 aliphatic carbocycles. The summed E-state index contributed by atoms with van der Waals surface area (Å²) in [6.45, 7) is 2.45. The van der Waals surface area contributed by atoms with Crippen molar-refractivity contribution in [3.8, 4) is 0 Å². The zero-order valence-corrected chi connectivity index (χ0v) is 16.2. The standard InChI is InChI=1S/C23H26N2O3/c1-2-3-4-5-17-8-12-20(13-9-17)24-23(28)19-10-6-18(7-11-19)16-25-21(26)14-15-22(25)27/h6-13H,2-5,14-16H2,1H3,(H,24,28). The highest BCUT2D eigenvalue weighted by Gasteiger charge is 2.28. The zero-order valence-electron chi connectivity index (χ0n) is 16.2. The Balaban J connectivity index is 1.55. The van der Waals surface area contributed by atoms with Crippen LogP contribution in [0.2, 0.25) is 0 Å². The van der Waals surface area contributed by atoms with Gasteiger partial charge >= 0.3 is 0 Å². The molecule has 0 saturated carbocycles. The minimum atomic E-state index is -0.182. The van der Waals surface area contributed by atoms with Crippen molar-refractivity contribution >= 4 is 23.4 Å². The normalized spacial score (nSPS) is 13.8. The van der Waals surface area contributed by atoms with Gasteiger partial charge in [0.15, 0.2) is 0 Å². The molecule has 1 fully saturated rings. The lowest BCUT2D eigenvalue weighted by atomic mass is 10.1. The summed E-state index contributed by atoms with van der Waals surface area (Å²) in [5.41, 5.74) is 3.41. The molecule has 3 amide bonds. The van der Waals surface area contributed by atoms with E-state index in [2.05, 4.69) is 24.4 Å². The fraction of sp³-hybridized carbons (Fsp3) is 0.348. The molecule has 0 spiro atoms. The van der Waals surface area contributed by atoms with E-state index in [9.17, 15) is 14.4 Å². The van der Waals surface area contributed by atoms with E-state index >= 15 is 0 Å². The summed E-state index contributed by atoms with van der Waals surface area (Å²) in [5, 5.41) is 2.90. The number of rotatable bonds is 8. The van der Waals surface area contributed by atoms with Crippen LogP contribution in [0, 0.1) is 0 Å². The average molecular weight is 378 g/mol. The van der Waals surface area contributed by atoms with Gasteiger partial charge in [-0.05, 0) is 48.2 Å². The van der Waals surface area contributed by atoms with Crippen molar-refractivity contribution in [3.63, 3.8) is 0 Å². The molecule has 2 aromatic carbocycles. The van der Waals surface area contributed by atoms with Crippen molar-refractivity contribution in [2.45, 2.75) is 52.0 Å². The molecule has 2 aromatic rings. The van der Waals surface area contributed by atoms with E-state index in [4.69, 9.17) is 0 Å². The van der Waals surface area contributed by atoms with E-state index in [0.29, 0.717) is 5.56 Å². The van der Waals surface area contributed by atoms with Crippen molar-refractivity contribution < 1.29 is 14.4 Å². The summed E-state index contributed by atoms with van der Waals surface area (Å²) in [4.78, 5) is 37.1. The number of amides is 3. The minimum Gasteiger partial charge on any atom is -0.322 e. The smallest absolute Gasteiger partial charge is 0.255 e. The monoisotopic (exact) mass is 378 g/mol. The van der Waals surface area contributed by atoms with Crippen LogP contribution in [0.25, 0.3) is 0 Å². The highest BCUT2D eigenvalue weighted by molar-refractivity contribution is 6.04. The molecule has 1 aliphatic rings. The number of nitrogens with one attached hydrogen (secondary N) is 1. The Kier molecular flexibility index (Phi) is 6.58. The minimum absolute atomic E-state index is 0.134. The van der Waals surface area contributed by atoms with E-state index in [-0.39, 0.29) is 37.1 Å². The number of carbonyl (C=O) groups is 3. The number of anilines is 1. The summed E-state index contributed by atoms with van der Waals surface area (Å²) in [5.74, 6) is -0.450. The van der Waals surface area contributed by atoms with Crippen LogP contribution in [0.1, 0.15) is 60.5 Å². The fourth-order valence-corrected chi connectivity index (χ4v) is 3.28. The van der Waals surface area contributed by atoms with Crippen molar-refractivity contribution in [3.05, 3.63) is 65.2 Å². The third-order valence-electron chi connectivity index (χ3n) is 4.99. The lowest BCUT2D eigenvalue weighted by Gasteiger charge is -2.14. The van der Waals surface area contributed by atoms with Crippen LogP contribution in [-0.4, -0.2) is 22.6 Å². The Morgan fingerprint density at radius 3 is 2.11 bits per heavy atom. The molecular weight excluding hydrogens is 352 g/mol. The SMILES string of the molecule is CCCCCc1ccc(NC(=O)c2ccc(CN3C(=O)CCC3=O)cc2)cc1. The first-order chi connectivity index (χ1) is 13.6. The molecule has 5 heteroatoms. The maximum atomic E-state index is 12.4. The summed E-state index contributed by atoms with van der Waals surface area (Å²) in [6.07, 6.45) is 5.26. The van der Waals surface area contributed by atoms with Gasteiger partial charge < -0.3 is 5.32 Å². The van der Waals surface area contributed by atoms with Crippen LogP contribution in [0.4, 0.5) is 5.69 Å². The summed E-state index contributed by atoms with van der Waals surface area (Å²) < 4.78 is 0. The molecule has 0 atom stereocenters. The van der Waals surface area contributed by atoms with Crippen LogP contribution in [0.3, 0.4) is 0 Å². The first-order valence-electron chi connectivity index (χ1n) is 9.89. The number of aryl methyl sites for hydroxylation is 1. The van der Waals surface area contributed by atoms with Crippen molar-refractivity contribution in [2.24, 2.45) is 0 Å². The van der Waals surface area contributed by atoms with Crippen LogP contribution in [0.5, 0.6) is 0 Å². The van der Waals surface area contributed by atoms with Gasteiger partial charge in [0, 0.05) is 24.1 Å². The molecule has 0 aromatic heterocycles. The first kappa shape index (κ1) is 19.8. The molecule has 1 heterocycles.